The second kappa shape index (κ2) is 5.83. The van der Waals surface area contributed by atoms with Crippen LogP contribution in [0, 0.1) is 28.6 Å². The van der Waals surface area contributed by atoms with Crippen LogP contribution in [0.4, 0.5) is 4.39 Å². The van der Waals surface area contributed by atoms with Crippen molar-refractivity contribution in [2.45, 2.75) is 63.8 Å². The van der Waals surface area contributed by atoms with Gasteiger partial charge in [-0.2, -0.15) is 0 Å². The highest BCUT2D eigenvalue weighted by molar-refractivity contribution is 6.01. The molecule has 0 spiro atoms. The standard InChI is InChI=1S/C22H29FO5/c1-12-8-16-15-5-4-13-9-14(25)6-7-19(13,2)21(15,23)17(26)10-20(16,3)22(12,28)18(27)11-24/h6-7,9,12,15-17,24,26,28H,4-5,8,10-11H2,1-3H3/t12-,15+,16+,17+,19-,20+,21+,22+/m1/s1. The first kappa shape index (κ1) is 19.9. The van der Waals surface area contributed by atoms with E-state index in [1.165, 1.54) is 12.2 Å². The molecule has 0 saturated heterocycles. The Morgan fingerprint density at radius 1 is 1.32 bits per heavy atom. The van der Waals surface area contributed by atoms with Gasteiger partial charge in [-0.25, -0.2) is 4.39 Å². The molecule has 6 heteroatoms. The van der Waals surface area contributed by atoms with Gasteiger partial charge in [-0.15, -0.1) is 0 Å². The van der Waals surface area contributed by atoms with E-state index in [-0.39, 0.29) is 18.1 Å². The van der Waals surface area contributed by atoms with Gasteiger partial charge in [0, 0.05) is 16.7 Å². The van der Waals surface area contributed by atoms with Crippen molar-refractivity contribution in [2.75, 3.05) is 6.61 Å². The molecule has 0 bridgehead atoms. The first-order chi connectivity index (χ1) is 13.0. The summed E-state index contributed by atoms with van der Waals surface area (Å²) in [4.78, 5) is 24.4. The number of carbonyl (C=O) groups is 2. The maximum atomic E-state index is 16.9. The maximum absolute atomic E-state index is 16.9. The van der Waals surface area contributed by atoms with Gasteiger partial charge in [0.1, 0.15) is 12.2 Å². The zero-order valence-corrected chi connectivity index (χ0v) is 16.6. The van der Waals surface area contributed by atoms with Crippen LogP contribution in [-0.2, 0) is 9.59 Å². The molecule has 154 valence electrons. The topological polar surface area (TPSA) is 94.8 Å². The second-order valence-corrected chi connectivity index (χ2v) is 9.75. The van der Waals surface area contributed by atoms with Gasteiger partial charge >= 0.3 is 0 Å². The van der Waals surface area contributed by atoms with E-state index in [4.69, 9.17) is 0 Å². The SMILES string of the molecule is C[C@@H]1C[C@H]2[C@@H]3CCC4=CC(=O)C=C[C@@]4(C)[C@@]3(F)[C@@H](O)C[C@]2(C)[C@@]1(O)C(=O)CO. The van der Waals surface area contributed by atoms with Gasteiger partial charge in [-0.1, -0.05) is 25.5 Å². The van der Waals surface area contributed by atoms with E-state index in [9.17, 15) is 24.9 Å². The maximum Gasteiger partial charge on any atom is 0.190 e. The number of ketones is 2. The lowest BCUT2D eigenvalue weighted by Crippen LogP contribution is -2.69. The third kappa shape index (κ3) is 2.01. The van der Waals surface area contributed by atoms with E-state index < -0.39 is 52.4 Å². The molecule has 0 aliphatic heterocycles. The number of aliphatic hydroxyl groups excluding tert-OH is 2. The van der Waals surface area contributed by atoms with Gasteiger partial charge in [-0.05, 0) is 56.6 Å². The van der Waals surface area contributed by atoms with E-state index in [0.29, 0.717) is 24.8 Å². The van der Waals surface area contributed by atoms with Crippen LogP contribution in [0.5, 0.6) is 0 Å². The first-order valence-corrected chi connectivity index (χ1v) is 10.1. The molecule has 4 rings (SSSR count). The molecule has 4 aliphatic carbocycles. The summed E-state index contributed by atoms with van der Waals surface area (Å²) in [7, 11) is 0. The number of hydrogen-bond acceptors (Lipinski definition) is 5. The predicted octanol–water partition coefficient (Wildman–Crippen LogP) is 1.90. The predicted molar refractivity (Wildman–Crippen MR) is 99.9 cm³/mol. The monoisotopic (exact) mass is 392 g/mol. The van der Waals surface area contributed by atoms with Crippen LogP contribution >= 0.6 is 0 Å². The summed E-state index contributed by atoms with van der Waals surface area (Å²) in [6.07, 6.45) is 4.44. The average molecular weight is 392 g/mol. The van der Waals surface area contributed by atoms with Crippen molar-refractivity contribution >= 4 is 11.6 Å². The van der Waals surface area contributed by atoms with E-state index in [2.05, 4.69) is 0 Å². The quantitative estimate of drug-likeness (QED) is 0.667. The van der Waals surface area contributed by atoms with Crippen LogP contribution < -0.4 is 0 Å². The van der Waals surface area contributed by atoms with Crippen molar-refractivity contribution in [3.05, 3.63) is 23.8 Å². The van der Waals surface area contributed by atoms with Crippen LogP contribution in [0.2, 0.25) is 0 Å². The molecule has 0 radical (unpaired) electrons. The zero-order chi connectivity index (χ0) is 20.7. The van der Waals surface area contributed by atoms with E-state index in [1.807, 2.05) is 0 Å². The van der Waals surface area contributed by atoms with Gasteiger partial charge in [0.25, 0.3) is 0 Å². The molecule has 5 nitrogen and oxygen atoms in total. The third-order valence-corrected chi connectivity index (χ3v) is 8.79. The van der Waals surface area contributed by atoms with E-state index in [1.54, 1.807) is 26.8 Å². The molecular formula is C22H29FO5. The summed E-state index contributed by atoms with van der Waals surface area (Å²) in [5, 5.41) is 32.0. The smallest absolute Gasteiger partial charge is 0.190 e. The summed E-state index contributed by atoms with van der Waals surface area (Å²) in [6.45, 7) is 4.48. The number of aliphatic hydroxyl groups is 3. The Balaban J connectivity index is 1.84. The molecular weight excluding hydrogens is 363 g/mol. The second-order valence-electron chi connectivity index (χ2n) is 9.75. The Morgan fingerprint density at radius 2 is 2.00 bits per heavy atom. The first-order valence-electron chi connectivity index (χ1n) is 10.1. The van der Waals surface area contributed by atoms with E-state index >= 15 is 4.39 Å². The van der Waals surface area contributed by atoms with Gasteiger partial charge in [0.15, 0.2) is 17.2 Å². The van der Waals surface area contributed by atoms with Crippen LogP contribution in [0.25, 0.3) is 0 Å². The van der Waals surface area contributed by atoms with Crippen LogP contribution in [0.15, 0.2) is 23.8 Å². The number of Topliss-reactive ketones (excluding diaryl/α,β-unsaturated/α-hetero) is 1. The Morgan fingerprint density at radius 3 is 2.64 bits per heavy atom. The third-order valence-electron chi connectivity index (χ3n) is 8.79. The fourth-order valence-electron chi connectivity index (χ4n) is 7.26. The normalized spacial score (nSPS) is 52.5. The Hall–Kier alpha value is -1.37. The molecule has 0 amide bonds. The zero-order valence-electron chi connectivity index (χ0n) is 16.6. The molecule has 0 heterocycles. The Bertz CT molecular complexity index is 805. The number of fused-ring (bicyclic) bond motifs is 5. The lowest BCUT2D eigenvalue weighted by molar-refractivity contribution is -0.219. The number of carbonyl (C=O) groups excluding carboxylic acids is 2. The average Bonchev–Trinajstić information content (AvgIpc) is 2.84. The molecule has 0 aromatic rings. The summed E-state index contributed by atoms with van der Waals surface area (Å²) in [6, 6.07) is 0. The fraction of sp³-hybridized carbons (Fsp3) is 0.727. The summed E-state index contributed by atoms with van der Waals surface area (Å²) >= 11 is 0. The van der Waals surface area contributed by atoms with Crippen molar-refractivity contribution in [3.63, 3.8) is 0 Å². The molecule has 0 aromatic carbocycles. The van der Waals surface area contributed by atoms with E-state index in [0.717, 1.165) is 0 Å². The van der Waals surface area contributed by atoms with Crippen molar-refractivity contribution in [3.8, 4) is 0 Å². The van der Waals surface area contributed by atoms with Gasteiger partial charge < -0.3 is 15.3 Å². The summed E-state index contributed by atoms with van der Waals surface area (Å²) in [5.41, 5.74) is -5.17. The molecule has 0 unspecified atom stereocenters. The highest BCUT2D eigenvalue weighted by Gasteiger charge is 2.75. The molecule has 8 atom stereocenters. The van der Waals surface area contributed by atoms with Crippen LogP contribution in [0.3, 0.4) is 0 Å². The van der Waals surface area contributed by atoms with Gasteiger partial charge in [0.05, 0.1) is 6.10 Å². The molecule has 0 aromatic heterocycles. The summed E-state index contributed by atoms with van der Waals surface area (Å²) in [5.74, 6) is -2.12. The lowest BCUT2D eigenvalue weighted by atomic mass is 9.44. The highest BCUT2D eigenvalue weighted by atomic mass is 19.1. The Labute approximate surface area is 164 Å². The Kier molecular flexibility index (Phi) is 4.15. The van der Waals surface area contributed by atoms with Crippen molar-refractivity contribution < 1.29 is 29.3 Å². The molecule has 28 heavy (non-hydrogen) atoms. The van der Waals surface area contributed by atoms with Crippen molar-refractivity contribution in [1.82, 2.24) is 0 Å². The number of allylic oxidation sites excluding steroid dienone is 4. The van der Waals surface area contributed by atoms with Crippen LogP contribution in [-0.4, -0.2) is 50.9 Å². The highest BCUT2D eigenvalue weighted by Crippen LogP contribution is 2.70. The molecule has 3 N–H and O–H groups in total. The minimum absolute atomic E-state index is 0.0676. The number of hydrogen-bond donors (Lipinski definition) is 3. The van der Waals surface area contributed by atoms with Crippen molar-refractivity contribution in [1.29, 1.82) is 0 Å². The number of rotatable bonds is 2. The minimum atomic E-state index is -1.98. The fourth-order valence-corrected chi connectivity index (χ4v) is 7.26. The molecule has 4 aliphatic rings. The summed E-state index contributed by atoms with van der Waals surface area (Å²) < 4.78 is 16.9. The lowest BCUT2D eigenvalue weighted by Gasteiger charge is -2.62. The van der Waals surface area contributed by atoms with Gasteiger partial charge in [0.2, 0.25) is 0 Å². The van der Waals surface area contributed by atoms with Crippen LogP contribution in [0.1, 0.15) is 46.5 Å². The number of alkyl halides is 1. The largest absolute Gasteiger partial charge is 0.390 e. The minimum Gasteiger partial charge on any atom is -0.390 e. The molecule has 3 fully saturated rings. The van der Waals surface area contributed by atoms with Gasteiger partial charge in [-0.3, -0.25) is 9.59 Å². The van der Waals surface area contributed by atoms with Crippen molar-refractivity contribution in [2.24, 2.45) is 28.6 Å². The number of halogens is 1. The molecule has 3 saturated carbocycles.